The fraction of sp³-hybridized carbons (Fsp3) is 0.312. The van der Waals surface area contributed by atoms with E-state index in [4.69, 9.17) is 0 Å². The van der Waals surface area contributed by atoms with E-state index in [1.165, 1.54) is 5.69 Å². The summed E-state index contributed by atoms with van der Waals surface area (Å²) >= 11 is 0. The molecule has 0 N–H and O–H groups in total. The molecule has 0 saturated carbocycles. The Balaban J connectivity index is 1.54. The summed E-state index contributed by atoms with van der Waals surface area (Å²) in [6, 6.07) is 14.3. The summed E-state index contributed by atoms with van der Waals surface area (Å²) in [5, 5.41) is 0. The van der Waals surface area contributed by atoms with E-state index >= 15 is 0 Å². The number of amides is 1. The summed E-state index contributed by atoms with van der Waals surface area (Å²) in [5.41, 5.74) is 1.24. The molecule has 0 unspecified atom stereocenters. The molecule has 1 aliphatic heterocycles. The van der Waals surface area contributed by atoms with Gasteiger partial charge in [-0.25, -0.2) is 0 Å². The van der Waals surface area contributed by atoms with Gasteiger partial charge in [0.15, 0.2) is 0 Å². The van der Waals surface area contributed by atoms with Gasteiger partial charge in [0.1, 0.15) is 6.54 Å². The highest BCUT2D eigenvalue weighted by molar-refractivity contribution is 5.76. The number of hydrogen-bond donors (Lipinski definition) is 0. The van der Waals surface area contributed by atoms with Crippen LogP contribution in [0.4, 0.5) is 5.69 Å². The molecule has 104 valence electrons. The van der Waals surface area contributed by atoms with Crippen LogP contribution in [0, 0.1) is 0 Å². The lowest BCUT2D eigenvalue weighted by Gasteiger charge is -2.36. The highest BCUT2D eigenvalue weighted by Gasteiger charge is 2.20. The number of para-hydroxylation sites is 1. The zero-order valence-electron chi connectivity index (χ0n) is 11.5. The number of nitrogens with zero attached hydrogens (tertiary/aromatic N) is 3. The molecule has 0 spiro atoms. The molecule has 4 heteroatoms. The zero-order valence-corrected chi connectivity index (χ0v) is 11.5. The van der Waals surface area contributed by atoms with Gasteiger partial charge in [0.25, 0.3) is 0 Å². The largest absolute Gasteiger partial charge is 0.368 e. The highest BCUT2D eigenvalue weighted by Crippen LogP contribution is 2.15. The maximum Gasteiger partial charge on any atom is 0.242 e. The minimum absolute atomic E-state index is 0.203. The van der Waals surface area contributed by atoms with E-state index in [0.29, 0.717) is 6.54 Å². The number of aromatic nitrogens is 1. The van der Waals surface area contributed by atoms with Gasteiger partial charge in [0.2, 0.25) is 5.91 Å². The minimum atomic E-state index is 0.203. The van der Waals surface area contributed by atoms with Crippen LogP contribution >= 0.6 is 0 Å². The Kier molecular flexibility index (Phi) is 3.72. The van der Waals surface area contributed by atoms with Crippen LogP contribution < -0.4 is 4.90 Å². The predicted molar refractivity (Wildman–Crippen MR) is 79.7 cm³/mol. The SMILES string of the molecule is O=C(Cn1cccc1)N1CCN(c2ccccc2)CC1. The fourth-order valence-corrected chi connectivity index (χ4v) is 2.58. The van der Waals surface area contributed by atoms with E-state index in [1.807, 2.05) is 40.1 Å². The first-order valence-corrected chi connectivity index (χ1v) is 7.01. The van der Waals surface area contributed by atoms with Crippen molar-refractivity contribution in [3.63, 3.8) is 0 Å². The van der Waals surface area contributed by atoms with Crippen molar-refractivity contribution in [3.05, 3.63) is 54.9 Å². The lowest BCUT2D eigenvalue weighted by molar-refractivity contribution is -0.132. The smallest absolute Gasteiger partial charge is 0.242 e. The number of anilines is 1. The maximum absolute atomic E-state index is 12.2. The quantitative estimate of drug-likeness (QED) is 0.850. The van der Waals surface area contributed by atoms with Crippen molar-refractivity contribution in [2.45, 2.75) is 6.54 Å². The van der Waals surface area contributed by atoms with Gasteiger partial charge in [-0.1, -0.05) is 18.2 Å². The molecular weight excluding hydrogens is 250 g/mol. The maximum atomic E-state index is 12.2. The van der Waals surface area contributed by atoms with E-state index in [-0.39, 0.29) is 5.91 Å². The standard InChI is InChI=1S/C16H19N3O/c20-16(14-17-8-4-5-9-17)19-12-10-18(11-13-19)15-6-2-1-3-7-15/h1-9H,10-14H2. The average Bonchev–Trinajstić information content (AvgIpc) is 3.01. The number of piperazine rings is 1. The van der Waals surface area contributed by atoms with E-state index in [0.717, 1.165) is 26.2 Å². The summed E-state index contributed by atoms with van der Waals surface area (Å²) in [7, 11) is 0. The Labute approximate surface area is 119 Å². The second-order valence-corrected chi connectivity index (χ2v) is 5.06. The third kappa shape index (κ3) is 2.85. The molecule has 1 fully saturated rings. The third-order valence-corrected chi connectivity index (χ3v) is 3.74. The third-order valence-electron chi connectivity index (χ3n) is 3.74. The van der Waals surface area contributed by atoms with Crippen LogP contribution in [0.25, 0.3) is 0 Å². The minimum Gasteiger partial charge on any atom is -0.368 e. The predicted octanol–water partition coefficient (Wildman–Crippen LogP) is 1.84. The number of hydrogen-bond acceptors (Lipinski definition) is 2. The molecule has 2 aromatic rings. The van der Waals surface area contributed by atoms with Crippen molar-refractivity contribution >= 4 is 11.6 Å². The van der Waals surface area contributed by atoms with E-state index in [2.05, 4.69) is 29.2 Å². The lowest BCUT2D eigenvalue weighted by atomic mass is 10.2. The number of carbonyl (C=O) groups excluding carboxylic acids is 1. The molecule has 0 atom stereocenters. The topological polar surface area (TPSA) is 28.5 Å². The molecule has 2 heterocycles. The molecule has 1 aromatic heterocycles. The van der Waals surface area contributed by atoms with Gasteiger partial charge in [0.05, 0.1) is 0 Å². The molecule has 20 heavy (non-hydrogen) atoms. The van der Waals surface area contributed by atoms with Crippen molar-refractivity contribution in [2.75, 3.05) is 31.1 Å². The summed E-state index contributed by atoms with van der Waals surface area (Å²) in [5.74, 6) is 0.203. The van der Waals surface area contributed by atoms with Crippen molar-refractivity contribution in [3.8, 4) is 0 Å². The Morgan fingerprint density at radius 2 is 1.55 bits per heavy atom. The first kappa shape index (κ1) is 12.8. The van der Waals surface area contributed by atoms with Gasteiger partial charge in [-0.15, -0.1) is 0 Å². The molecule has 0 radical (unpaired) electrons. The van der Waals surface area contributed by atoms with Crippen LogP contribution in [-0.2, 0) is 11.3 Å². The van der Waals surface area contributed by atoms with Crippen LogP contribution in [0.15, 0.2) is 54.9 Å². The number of benzene rings is 1. The normalized spacial score (nSPS) is 15.4. The molecule has 0 bridgehead atoms. The van der Waals surface area contributed by atoms with Crippen molar-refractivity contribution in [2.24, 2.45) is 0 Å². The second-order valence-electron chi connectivity index (χ2n) is 5.06. The first-order chi connectivity index (χ1) is 9.83. The summed E-state index contributed by atoms with van der Waals surface area (Å²) in [6.45, 7) is 3.85. The monoisotopic (exact) mass is 269 g/mol. The second kappa shape index (κ2) is 5.82. The average molecular weight is 269 g/mol. The van der Waals surface area contributed by atoms with Gasteiger partial charge in [-0.3, -0.25) is 4.79 Å². The van der Waals surface area contributed by atoms with Gasteiger partial charge < -0.3 is 14.4 Å². The molecule has 3 rings (SSSR count). The van der Waals surface area contributed by atoms with Crippen molar-refractivity contribution in [1.82, 2.24) is 9.47 Å². The van der Waals surface area contributed by atoms with Crippen LogP contribution in [0.3, 0.4) is 0 Å². The Morgan fingerprint density at radius 3 is 2.20 bits per heavy atom. The number of carbonyl (C=O) groups is 1. The van der Waals surface area contributed by atoms with Gasteiger partial charge in [-0.2, -0.15) is 0 Å². The fourth-order valence-electron chi connectivity index (χ4n) is 2.58. The molecule has 4 nitrogen and oxygen atoms in total. The van der Waals surface area contributed by atoms with Gasteiger partial charge in [0, 0.05) is 44.3 Å². The Bertz CT molecular complexity index is 542. The number of rotatable bonds is 3. The van der Waals surface area contributed by atoms with E-state index < -0.39 is 0 Å². The Morgan fingerprint density at radius 1 is 0.900 bits per heavy atom. The zero-order chi connectivity index (χ0) is 13.8. The highest BCUT2D eigenvalue weighted by atomic mass is 16.2. The lowest BCUT2D eigenvalue weighted by Crippen LogP contribution is -2.49. The molecule has 1 aliphatic rings. The molecule has 1 aromatic carbocycles. The van der Waals surface area contributed by atoms with Gasteiger partial charge in [-0.05, 0) is 24.3 Å². The molecular formula is C16H19N3O. The first-order valence-electron chi connectivity index (χ1n) is 7.01. The van der Waals surface area contributed by atoms with Crippen molar-refractivity contribution < 1.29 is 4.79 Å². The van der Waals surface area contributed by atoms with Crippen molar-refractivity contribution in [1.29, 1.82) is 0 Å². The summed E-state index contributed by atoms with van der Waals surface area (Å²) < 4.78 is 1.92. The van der Waals surface area contributed by atoms with E-state index in [1.54, 1.807) is 0 Å². The van der Waals surface area contributed by atoms with E-state index in [9.17, 15) is 4.79 Å². The Hall–Kier alpha value is -2.23. The van der Waals surface area contributed by atoms with Crippen LogP contribution in [0.2, 0.25) is 0 Å². The van der Waals surface area contributed by atoms with Crippen LogP contribution in [0.5, 0.6) is 0 Å². The molecule has 1 amide bonds. The van der Waals surface area contributed by atoms with Gasteiger partial charge >= 0.3 is 0 Å². The van der Waals surface area contributed by atoms with Crippen LogP contribution in [-0.4, -0.2) is 41.6 Å². The van der Waals surface area contributed by atoms with Crippen LogP contribution in [0.1, 0.15) is 0 Å². The molecule has 0 aliphatic carbocycles. The summed E-state index contributed by atoms with van der Waals surface area (Å²) in [4.78, 5) is 16.5. The summed E-state index contributed by atoms with van der Waals surface area (Å²) in [6.07, 6.45) is 3.86. The molecule has 1 saturated heterocycles.